The Labute approximate surface area is 109 Å². The molecule has 2 rings (SSSR count). The van der Waals surface area contributed by atoms with Gasteiger partial charge in [0.15, 0.2) is 0 Å². The minimum absolute atomic E-state index is 0.0751. The van der Waals surface area contributed by atoms with E-state index in [0.717, 1.165) is 5.56 Å². The van der Waals surface area contributed by atoms with Crippen molar-refractivity contribution in [3.63, 3.8) is 0 Å². The second-order valence-electron chi connectivity index (χ2n) is 3.61. The Kier molecular flexibility index (Phi) is 3.50. The van der Waals surface area contributed by atoms with Gasteiger partial charge in [-0.2, -0.15) is 9.97 Å². The van der Waals surface area contributed by atoms with Gasteiger partial charge in [0.25, 0.3) is 0 Å². The fourth-order valence-corrected chi connectivity index (χ4v) is 1.49. The fourth-order valence-electron chi connectivity index (χ4n) is 1.37. The first kappa shape index (κ1) is 12.4. The number of aromatic nitrogens is 2. The summed E-state index contributed by atoms with van der Waals surface area (Å²) in [6.45, 7) is 1.89. The second kappa shape index (κ2) is 5.07. The van der Waals surface area contributed by atoms with Gasteiger partial charge in [0.2, 0.25) is 11.8 Å². The summed E-state index contributed by atoms with van der Waals surface area (Å²) in [6, 6.07) is 6.83. The number of aryl methyl sites for hydroxylation is 1. The summed E-state index contributed by atoms with van der Waals surface area (Å²) in [6.07, 6.45) is 0. The normalized spacial score (nSPS) is 10.2. The zero-order chi connectivity index (χ0) is 13.1. The first-order valence-corrected chi connectivity index (χ1v) is 5.51. The fraction of sp³-hybridized carbons (Fsp3) is 0.0909. The van der Waals surface area contributed by atoms with Crippen molar-refractivity contribution in [2.45, 2.75) is 6.92 Å². The van der Waals surface area contributed by atoms with Gasteiger partial charge >= 0.3 is 0 Å². The summed E-state index contributed by atoms with van der Waals surface area (Å²) in [4.78, 5) is 7.80. The van der Waals surface area contributed by atoms with Crippen LogP contribution in [0.1, 0.15) is 5.56 Å². The number of benzene rings is 1. The average Bonchev–Trinajstić information content (AvgIpc) is 2.33. The van der Waals surface area contributed by atoms with Crippen LogP contribution in [0, 0.1) is 6.92 Å². The quantitative estimate of drug-likeness (QED) is 0.581. The summed E-state index contributed by atoms with van der Waals surface area (Å²) in [7, 11) is 0. The number of hydrazine groups is 1. The molecule has 1 heterocycles. The molecule has 0 saturated carbocycles. The summed E-state index contributed by atoms with van der Waals surface area (Å²) in [5.41, 5.74) is 8.82. The Balaban J connectivity index is 2.27. The second-order valence-corrected chi connectivity index (χ2v) is 4.01. The minimum atomic E-state index is 0.0751. The van der Waals surface area contributed by atoms with Gasteiger partial charge in [0.05, 0.1) is 0 Å². The summed E-state index contributed by atoms with van der Waals surface area (Å²) in [5, 5.41) is 0.675. The van der Waals surface area contributed by atoms with E-state index in [0.29, 0.717) is 22.5 Å². The average molecular weight is 266 g/mol. The smallest absolute Gasteiger partial charge is 0.226 e. The lowest BCUT2D eigenvalue weighted by atomic mass is 10.2. The first-order valence-electron chi connectivity index (χ1n) is 5.13. The topological polar surface area (TPSA) is 99.1 Å². The van der Waals surface area contributed by atoms with Crippen molar-refractivity contribution in [1.29, 1.82) is 0 Å². The Hall–Kier alpha value is -2.05. The largest absolute Gasteiger partial charge is 0.439 e. The standard InChI is InChI=1S/C11H12ClN5O/c1-6-4-7(2-3-8(6)12)18-10-5-9(17-14)15-11(13)16-10/h2-5H,14H2,1H3,(H3,13,15,16,17). The van der Waals surface area contributed by atoms with Crippen molar-refractivity contribution < 1.29 is 4.74 Å². The van der Waals surface area contributed by atoms with E-state index in [1.165, 1.54) is 0 Å². The maximum atomic E-state index is 5.93. The predicted molar refractivity (Wildman–Crippen MR) is 70.5 cm³/mol. The highest BCUT2D eigenvalue weighted by atomic mass is 35.5. The molecule has 6 nitrogen and oxygen atoms in total. The van der Waals surface area contributed by atoms with E-state index in [1.54, 1.807) is 24.3 Å². The van der Waals surface area contributed by atoms with Crippen LogP contribution in [0.5, 0.6) is 11.6 Å². The summed E-state index contributed by atoms with van der Waals surface area (Å²) < 4.78 is 5.55. The molecule has 0 spiro atoms. The van der Waals surface area contributed by atoms with Crippen LogP contribution in [0.25, 0.3) is 0 Å². The highest BCUT2D eigenvalue weighted by Gasteiger charge is 2.05. The number of halogens is 1. The lowest BCUT2D eigenvalue weighted by Crippen LogP contribution is -2.10. The zero-order valence-corrected chi connectivity index (χ0v) is 10.4. The summed E-state index contributed by atoms with van der Waals surface area (Å²) >= 11 is 5.93. The number of hydrogen-bond donors (Lipinski definition) is 3. The molecule has 0 aliphatic heterocycles. The van der Waals surface area contributed by atoms with E-state index in [9.17, 15) is 0 Å². The lowest BCUT2D eigenvalue weighted by molar-refractivity contribution is 0.462. The molecule has 18 heavy (non-hydrogen) atoms. The van der Waals surface area contributed by atoms with Crippen LogP contribution in [0.4, 0.5) is 11.8 Å². The molecule has 0 fully saturated rings. The molecule has 2 aromatic rings. The van der Waals surface area contributed by atoms with E-state index in [2.05, 4.69) is 15.4 Å². The van der Waals surface area contributed by atoms with Gasteiger partial charge in [-0.3, -0.25) is 0 Å². The number of hydrogen-bond acceptors (Lipinski definition) is 6. The van der Waals surface area contributed by atoms with Crippen molar-refractivity contribution in [2.24, 2.45) is 5.84 Å². The monoisotopic (exact) mass is 265 g/mol. The van der Waals surface area contributed by atoms with Crippen molar-refractivity contribution in [2.75, 3.05) is 11.2 Å². The molecule has 5 N–H and O–H groups in total. The highest BCUT2D eigenvalue weighted by Crippen LogP contribution is 2.26. The number of anilines is 2. The van der Waals surface area contributed by atoms with Gasteiger partial charge in [-0.05, 0) is 30.7 Å². The van der Waals surface area contributed by atoms with Crippen molar-refractivity contribution >= 4 is 23.4 Å². The Morgan fingerprint density at radius 3 is 2.72 bits per heavy atom. The molecular weight excluding hydrogens is 254 g/mol. The van der Waals surface area contributed by atoms with Crippen LogP contribution < -0.4 is 21.7 Å². The number of nitrogens with two attached hydrogens (primary N) is 2. The zero-order valence-electron chi connectivity index (χ0n) is 9.64. The van der Waals surface area contributed by atoms with Crippen molar-refractivity contribution in [3.05, 3.63) is 34.9 Å². The first-order chi connectivity index (χ1) is 8.58. The molecule has 0 aliphatic rings. The molecule has 0 unspecified atom stereocenters. The van der Waals surface area contributed by atoms with E-state index < -0.39 is 0 Å². The molecule has 0 bridgehead atoms. The summed E-state index contributed by atoms with van der Waals surface area (Å²) in [5.74, 6) is 6.62. The SMILES string of the molecule is Cc1cc(Oc2cc(NN)nc(N)n2)ccc1Cl. The molecule has 7 heteroatoms. The Morgan fingerprint density at radius 1 is 1.28 bits per heavy atom. The van der Waals surface area contributed by atoms with Crippen molar-refractivity contribution in [3.8, 4) is 11.6 Å². The van der Waals surface area contributed by atoms with E-state index in [-0.39, 0.29) is 5.95 Å². The van der Waals surface area contributed by atoms with E-state index in [4.69, 9.17) is 27.9 Å². The third-order valence-electron chi connectivity index (χ3n) is 2.22. The highest BCUT2D eigenvalue weighted by molar-refractivity contribution is 6.31. The number of ether oxygens (including phenoxy) is 1. The number of nitrogens with zero attached hydrogens (tertiary/aromatic N) is 2. The Morgan fingerprint density at radius 2 is 2.06 bits per heavy atom. The molecule has 1 aromatic heterocycles. The minimum Gasteiger partial charge on any atom is -0.439 e. The predicted octanol–water partition coefficient (Wildman–Crippen LogP) is 2.10. The van der Waals surface area contributed by atoms with Crippen LogP contribution in [0.3, 0.4) is 0 Å². The Bertz CT molecular complexity index is 575. The molecule has 0 aliphatic carbocycles. The van der Waals surface area contributed by atoms with E-state index >= 15 is 0 Å². The van der Waals surface area contributed by atoms with Gasteiger partial charge < -0.3 is 15.9 Å². The van der Waals surface area contributed by atoms with Crippen LogP contribution in [-0.2, 0) is 0 Å². The molecule has 0 atom stereocenters. The number of nitrogen functional groups attached to an aromatic ring is 2. The van der Waals surface area contributed by atoms with Gasteiger partial charge in [-0.15, -0.1) is 0 Å². The molecule has 0 radical (unpaired) electrons. The van der Waals surface area contributed by atoms with Gasteiger partial charge in [-0.25, -0.2) is 5.84 Å². The lowest BCUT2D eigenvalue weighted by Gasteiger charge is -2.08. The maximum Gasteiger partial charge on any atom is 0.226 e. The molecule has 0 saturated heterocycles. The van der Waals surface area contributed by atoms with E-state index in [1.807, 2.05) is 6.92 Å². The third-order valence-corrected chi connectivity index (χ3v) is 2.64. The third kappa shape index (κ3) is 2.79. The number of nitrogens with one attached hydrogen (secondary N) is 1. The van der Waals surface area contributed by atoms with Gasteiger partial charge in [-0.1, -0.05) is 11.6 Å². The van der Waals surface area contributed by atoms with Crippen LogP contribution in [0.15, 0.2) is 24.3 Å². The molecule has 1 aromatic carbocycles. The van der Waals surface area contributed by atoms with Crippen LogP contribution >= 0.6 is 11.6 Å². The van der Waals surface area contributed by atoms with Crippen LogP contribution in [0.2, 0.25) is 5.02 Å². The van der Waals surface area contributed by atoms with Gasteiger partial charge in [0, 0.05) is 11.1 Å². The maximum absolute atomic E-state index is 5.93. The molecular formula is C11H12ClN5O. The molecule has 94 valence electrons. The van der Waals surface area contributed by atoms with Crippen molar-refractivity contribution in [1.82, 2.24) is 9.97 Å². The number of rotatable bonds is 3. The van der Waals surface area contributed by atoms with Crippen LogP contribution in [-0.4, -0.2) is 9.97 Å². The van der Waals surface area contributed by atoms with Gasteiger partial charge in [0.1, 0.15) is 11.6 Å². The molecule has 0 amide bonds.